The number of nitrogens with zero attached hydrogens (tertiary/aromatic N) is 2. The van der Waals surface area contributed by atoms with E-state index in [1.807, 2.05) is 60.0 Å². The zero-order valence-electron chi connectivity index (χ0n) is 15.6. The maximum Gasteiger partial charge on any atom is 0.249 e. The quantitative estimate of drug-likeness (QED) is 0.439. The number of carbonyl (C=O) groups is 1. The number of amides is 1. The summed E-state index contributed by atoms with van der Waals surface area (Å²) in [6, 6.07) is 17.9. The van der Waals surface area contributed by atoms with Gasteiger partial charge in [0.2, 0.25) is 5.91 Å². The molecule has 0 spiro atoms. The number of aromatic nitrogens is 2. The van der Waals surface area contributed by atoms with Gasteiger partial charge in [-0.3, -0.25) is 9.20 Å². The molecule has 29 heavy (non-hydrogen) atoms. The van der Waals surface area contributed by atoms with Gasteiger partial charge in [0.05, 0.1) is 5.02 Å². The summed E-state index contributed by atoms with van der Waals surface area (Å²) in [5, 5.41) is 2.93. The maximum absolute atomic E-state index is 13.3. The Kier molecular flexibility index (Phi) is 5.14. The fourth-order valence-corrected chi connectivity index (χ4v) is 3.20. The third-order valence-corrected chi connectivity index (χ3v) is 4.73. The Morgan fingerprint density at radius 1 is 1.14 bits per heavy atom. The molecule has 0 radical (unpaired) electrons. The van der Waals surface area contributed by atoms with Crippen molar-refractivity contribution in [3.63, 3.8) is 0 Å². The Bertz CT molecular complexity index is 1230. The molecule has 1 amide bonds. The van der Waals surface area contributed by atoms with E-state index in [1.165, 1.54) is 18.2 Å². The van der Waals surface area contributed by atoms with Gasteiger partial charge in [-0.1, -0.05) is 48.0 Å². The first-order valence-electron chi connectivity index (χ1n) is 8.99. The van der Waals surface area contributed by atoms with Crippen LogP contribution in [-0.2, 0) is 4.79 Å². The minimum Gasteiger partial charge on any atom is -0.306 e. The number of aryl methyl sites for hydroxylation is 1. The number of rotatable bonds is 4. The van der Waals surface area contributed by atoms with E-state index in [4.69, 9.17) is 16.6 Å². The van der Waals surface area contributed by atoms with Gasteiger partial charge in [0.25, 0.3) is 0 Å². The zero-order valence-corrected chi connectivity index (χ0v) is 16.3. The van der Waals surface area contributed by atoms with Gasteiger partial charge in [0, 0.05) is 17.8 Å². The Morgan fingerprint density at radius 3 is 2.69 bits per heavy atom. The minimum absolute atomic E-state index is 0.0103. The van der Waals surface area contributed by atoms with Crippen molar-refractivity contribution in [1.29, 1.82) is 0 Å². The number of fused-ring (bicyclic) bond motifs is 1. The molecule has 2 heterocycles. The maximum atomic E-state index is 13.3. The highest BCUT2D eigenvalue weighted by atomic mass is 35.5. The molecule has 144 valence electrons. The van der Waals surface area contributed by atoms with Crippen LogP contribution < -0.4 is 5.32 Å². The Hall–Kier alpha value is -3.44. The molecule has 0 saturated heterocycles. The van der Waals surface area contributed by atoms with Gasteiger partial charge < -0.3 is 5.32 Å². The van der Waals surface area contributed by atoms with Crippen molar-refractivity contribution in [3.05, 3.63) is 94.9 Å². The molecule has 4 aromatic rings. The van der Waals surface area contributed by atoms with Crippen molar-refractivity contribution in [2.45, 2.75) is 6.92 Å². The number of hydrogen-bond acceptors (Lipinski definition) is 2. The summed E-state index contributed by atoms with van der Waals surface area (Å²) in [5.74, 6) is -0.246. The van der Waals surface area contributed by atoms with Crippen LogP contribution in [-0.4, -0.2) is 15.3 Å². The molecule has 4 rings (SSSR count). The fourth-order valence-electron chi connectivity index (χ4n) is 3.01. The molecule has 0 aliphatic heterocycles. The second-order valence-corrected chi connectivity index (χ2v) is 7.01. The minimum atomic E-state index is -0.498. The third-order valence-electron chi connectivity index (χ3n) is 4.44. The number of imidazole rings is 1. The molecule has 0 atom stereocenters. The molecule has 1 N–H and O–H groups in total. The van der Waals surface area contributed by atoms with Gasteiger partial charge in [-0.05, 0) is 48.4 Å². The van der Waals surface area contributed by atoms with Crippen molar-refractivity contribution in [2.24, 2.45) is 0 Å². The van der Waals surface area contributed by atoms with Gasteiger partial charge >= 0.3 is 0 Å². The van der Waals surface area contributed by atoms with Crippen LogP contribution in [0.3, 0.4) is 0 Å². The summed E-state index contributed by atoms with van der Waals surface area (Å²) < 4.78 is 15.1. The molecule has 2 aromatic carbocycles. The molecule has 0 aliphatic rings. The summed E-state index contributed by atoms with van der Waals surface area (Å²) >= 11 is 5.79. The lowest BCUT2D eigenvalue weighted by atomic mass is 10.1. The van der Waals surface area contributed by atoms with Crippen LogP contribution in [0.1, 0.15) is 11.1 Å². The first-order chi connectivity index (χ1) is 14.0. The summed E-state index contributed by atoms with van der Waals surface area (Å²) in [6.07, 6.45) is 4.84. The summed E-state index contributed by atoms with van der Waals surface area (Å²) in [6.45, 7) is 1.99. The molecule has 2 aromatic heterocycles. The van der Waals surface area contributed by atoms with E-state index in [1.54, 1.807) is 12.1 Å². The van der Waals surface area contributed by atoms with Gasteiger partial charge in [0.1, 0.15) is 23.0 Å². The molecule has 0 aliphatic carbocycles. The van der Waals surface area contributed by atoms with E-state index in [2.05, 4.69) is 5.32 Å². The molecule has 0 unspecified atom stereocenters. The highest BCUT2D eigenvalue weighted by Gasteiger charge is 2.15. The van der Waals surface area contributed by atoms with Crippen LogP contribution in [0, 0.1) is 12.7 Å². The normalized spacial score (nSPS) is 11.3. The van der Waals surface area contributed by atoms with Crippen molar-refractivity contribution < 1.29 is 9.18 Å². The first-order valence-corrected chi connectivity index (χ1v) is 9.37. The summed E-state index contributed by atoms with van der Waals surface area (Å²) in [7, 11) is 0. The molecule has 0 saturated carbocycles. The number of hydrogen-bond donors (Lipinski definition) is 1. The molecule has 6 heteroatoms. The zero-order chi connectivity index (χ0) is 20.4. The molecular weight excluding hydrogens is 389 g/mol. The number of halogens is 2. The number of carbonyl (C=O) groups excluding carboxylic acids is 1. The van der Waals surface area contributed by atoms with Crippen molar-refractivity contribution in [2.75, 3.05) is 5.32 Å². The van der Waals surface area contributed by atoms with Crippen LogP contribution in [0.15, 0.2) is 72.9 Å². The van der Waals surface area contributed by atoms with Crippen LogP contribution in [0.4, 0.5) is 10.2 Å². The average molecular weight is 406 g/mol. The van der Waals surface area contributed by atoms with Crippen LogP contribution >= 0.6 is 11.6 Å². The van der Waals surface area contributed by atoms with E-state index >= 15 is 0 Å². The lowest BCUT2D eigenvalue weighted by Crippen LogP contribution is -2.10. The lowest BCUT2D eigenvalue weighted by molar-refractivity contribution is -0.111. The van der Waals surface area contributed by atoms with Gasteiger partial charge in [-0.25, -0.2) is 9.37 Å². The van der Waals surface area contributed by atoms with Gasteiger partial charge in [-0.2, -0.15) is 0 Å². The van der Waals surface area contributed by atoms with E-state index in [-0.39, 0.29) is 10.9 Å². The lowest BCUT2D eigenvalue weighted by Gasteiger charge is -2.06. The van der Waals surface area contributed by atoms with Crippen LogP contribution in [0.2, 0.25) is 5.02 Å². The second-order valence-electron chi connectivity index (χ2n) is 6.60. The molecular formula is C23H17ClFN3O. The van der Waals surface area contributed by atoms with Crippen molar-refractivity contribution in [3.8, 4) is 11.3 Å². The number of anilines is 1. The van der Waals surface area contributed by atoms with E-state index in [0.717, 1.165) is 16.8 Å². The second kappa shape index (κ2) is 7.89. The first kappa shape index (κ1) is 18.9. The predicted molar refractivity (Wildman–Crippen MR) is 114 cm³/mol. The number of pyridine rings is 1. The molecule has 0 bridgehead atoms. The highest BCUT2D eigenvalue weighted by molar-refractivity contribution is 6.30. The van der Waals surface area contributed by atoms with E-state index in [0.29, 0.717) is 17.1 Å². The Balaban J connectivity index is 1.68. The van der Waals surface area contributed by atoms with Gasteiger partial charge in [-0.15, -0.1) is 0 Å². The Morgan fingerprint density at radius 2 is 1.93 bits per heavy atom. The SMILES string of the molecule is Cc1ccn2c(NC(=O)/C=C/c3ccc(F)c(Cl)c3)c(-c3ccccc3)nc2c1. The predicted octanol–water partition coefficient (Wildman–Crippen LogP) is 5.75. The monoisotopic (exact) mass is 405 g/mol. The third kappa shape index (κ3) is 4.05. The Labute approximate surface area is 172 Å². The molecule has 0 fully saturated rings. The highest BCUT2D eigenvalue weighted by Crippen LogP contribution is 2.29. The van der Waals surface area contributed by atoms with Crippen LogP contribution in [0.5, 0.6) is 0 Å². The van der Waals surface area contributed by atoms with Gasteiger partial charge in [0.15, 0.2) is 0 Å². The molecule has 4 nitrogen and oxygen atoms in total. The van der Waals surface area contributed by atoms with Crippen LogP contribution in [0.25, 0.3) is 23.0 Å². The average Bonchev–Trinajstić information content (AvgIpc) is 3.07. The fraction of sp³-hybridized carbons (Fsp3) is 0.0435. The summed E-state index contributed by atoms with van der Waals surface area (Å²) in [5.41, 5.74) is 4.03. The van der Waals surface area contributed by atoms with E-state index in [9.17, 15) is 9.18 Å². The van der Waals surface area contributed by atoms with Crippen molar-refractivity contribution in [1.82, 2.24) is 9.38 Å². The standard InChI is InChI=1S/C23H17ClFN3O/c1-15-11-12-28-20(13-15)26-22(17-5-3-2-4-6-17)23(28)27-21(29)10-8-16-7-9-19(25)18(24)14-16/h2-14H,1H3,(H,27,29)/b10-8+. The smallest absolute Gasteiger partial charge is 0.249 e. The topological polar surface area (TPSA) is 46.4 Å². The van der Waals surface area contributed by atoms with E-state index < -0.39 is 5.82 Å². The number of nitrogens with one attached hydrogen (secondary N) is 1. The number of benzene rings is 2. The summed E-state index contributed by atoms with van der Waals surface area (Å²) in [4.78, 5) is 17.3. The largest absolute Gasteiger partial charge is 0.306 e. The van der Waals surface area contributed by atoms with Crippen molar-refractivity contribution >= 4 is 35.0 Å².